The SMILES string of the molecule is CCC(=O)N(c1cccnc1)C1CCN(CCc2ccccc2)CC1. The number of pyridine rings is 1. The van der Waals surface area contributed by atoms with Crippen LogP contribution in [0.25, 0.3) is 0 Å². The molecule has 0 saturated carbocycles. The molecule has 0 radical (unpaired) electrons. The minimum Gasteiger partial charge on any atom is -0.308 e. The van der Waals surface area contributed by atoms with Gasteiger partial charge in [0.15, 0.2) is 0 Å². The number of benzene rings is 1. The Morgan fingerprint density at radius 3 is 2.56 bits per heavy atom. The fourth-order valence-electron chi connectivity index (χ4n) is 3.56. The topological polar surface area (TPSA) is 36.4 Å². The van der Waals surface area contributed by atoms with Gasteiger partial charge in [0.25, 0.3) is 0 Å². The van der Waals surface area contributed by atoms with Crippen molar-refractivity contribution in [1.29, 1.82) is 0 Å². The molecule has 1 fully saturated rings. The molecule has 0 unspecified atom stereocenters. The summed E-state index contributed by atoms with van der Waals surface area (Å²) in [7, 11) is 0. The van der Waals surface area contributed by atoms with Gasteiger partial charge >= 0.3 is 0 Å². The second kappa shape index (κ2) is 8.77. The van der Waals surface area contributed by atoms with Gasteiger partial charge in [0.05, 0.1) is 11.9 Å². The van der Waals surface area contributed by atoms with E-state index in [4.69, 9.17) is 0 Å². The van der Waals surface area contributed by atoms with Crippen LogP contribution in [0.2, 0.25) is 0 Å². The van der Waals surface area contributed by atoms with Crippen LogP contribution in [-0.4, -0.2) is 41.5 Å². The van der Waals surface area contributed by atoms with Crippen LogP contribution < -0.4 is 4.90 Å². The molecule has 25 heavy (non-hydrogen) atoms. The van der Waals surface area contributed by atoms with Crippen LogP contribution in [0.15, 0.2) is 54.9 Å². The van der Waals surface area contributed by atoms with Crippen molar-refractivity contribution in [3.05, 3.63) is 60.4 Å². The summed E-state index contributed by atoms with van der Waals surface area (Å²) >= 11 is 0. The quantitative estimate of drug-likeness (QED) is 0.809. The van der Waals surface area contributed by atoms with Crippen molar-refractivity contribution in [2.24, 2.45) is 0 Å². The van der Waals surface area contributed by atoms with Gasteiger partial charge in [-0.3, -0.25) is 9.78 Å². The predicted molar refractivity (Wildman–Crippen MR) is 102 cm³/mol. The molecule has 132 valence electrons. The summed E-state index contributed by atoms with van der Waals surface area (Å²) in [4.78, 5) is 21.2. The Morgan fingerprint density at radius 1 is 1.16 bits per heavy atom. The number of rotatable bonds is 6. The van der Waals surface area contributed by atoms with Crippen LogP contribution >= 0.6 is 0 Å². The number of likely N-dealkylation sites (tertiary alicyclic amines) is 1. The van der Waals surface area contributed by atoms with Crippen LogP contribution in [-0.2, 0) is 11.2 Å². The number of aromatic nitrogens is 1. The Morgan fingerprint density at radius 2 is 1.92 bits per heavy atom. The molecule has 1 amide bonds. The van der Waals surface area contributed by atoms with Gasteiger partial charge < -0.3 is 9.80 Å². The van der Waals surface area contributed by atoms with Crippen molar-refractivity contribution in [1.82, 2.24) is 9.88 Å². The van der Waals surface area contributed by atoms with Crippen molar-refractivity contribution < 1.29 is 4.79 Å². The van der Waals surface area contributed by atoms with E-state index in [1.807, 2.05) is 24.0 Å². The Labute approximate surface area is 150 Å². The van der Waals surface area contributed by atoms with Gasteiger partial charge in [0.1, 0.15) is 0 Å². The number of piperidine rings is 1. The van der Waals surface area contributed by atoms with Crippen molar-refractivity contribution in [2.75, 3.05) is 24.5 Å². The highest BCUT2D eigenvalue weighted by Gasteiger charge is 2.28. The summed E-state index contributed by atoms with van der Waals surface area (Å²) < 4.78 is 0. The lowest BCUT2D eigenvalue weighted by molar-refractivity contribution is -0.119. The smallest absolute Gasteiger partial charge is 0.227 e. The van der Waals surface area contributed by atoms with E-state index >= 15 is 0 Å². The van der Waals surface area contributed by atoms with Gasteiger partial charge in [-0.15, -0.1) is 0 Å². The first-order chi connectivity index (χ1) is 12.3. The van der Waals surface area contributed by atoms with Crippen LogP contribution in [0.1, 0.15) is 31.7 Å². The van der Waals surface area contributed by atoms with Gasteiger partial charge in [-0.05, 0) is 37.0 Å². The maximum Gasteiger partial charge on any atom is 0.227 e. The zero-order valence-electron chi connectivity index (χ0n) is 15.0. The summed E-state index contributed by atoms with van der Waals surface area (Å²) in [5.74, 6) is 0.190. The molecule has 1 aromatic carbocycles. The van der Waals surface area contributed by atoms with E-state index < -0.39 is 0 Å². The molecule has 4 heteroatoms. The molecule has 2 heterocycles. The number of carbonyl (C=O) groups excluding carboxylic acids is 1. The van der Waals surface area contributed by atoms with Gasteiger partial charge in [-0.2, -0.15) is 0 Å². The molecular formula is C21H27N3O. The van der Waals surface area contributed by atoms with Gasteiger partial charge in [-0.1, -0.05) is 37.3 Å². The van der Waals surface area contributed by atoms with Crippen molar-refractivity contribution in [3.63, 3.8) is 0 Å². The second-order valence-corrected chi connectivity index (χ2v) is 6.64. The standard InChI is InChI=1S/C21H27N3O/c1-2-21(25)24(20-9-6-13-22-17-20)19-11-15-23(16-12-19)14-10-18-7-4-3-5-8-18/h3-9,13,17,19H,2,10-12,14-16H2,1H3. The number of hydrogen-bond acceptors (Lipinski definition) is 3. The molecule has 0 atom stereocenters. The molecule has 0 aliphatic carbocycles. The molecule has 2 aromatic rings. The average Bonchev–Trinajstić information content (AvgIpc) is 2.69. The Hall–Kier alpha value is -2.20. The molecule has 1 aliphatic rings. The number of hydrogen-bond donors (Lipinski definition) is 0. The molecule has 0 N–H and O–H groups in total. The molecule has 0 spiro atoms. The summed E-state index contributed by atoms with van der Waals surface area (Å²) in [5, 5.41) is 0. The van der Waals surface area contributed by atoms with Gasteiger partial charge in [0, 0.05) is 38.3 Å². The van der Waals surface area contributed by atoms with E-state index in [0.29, 0.717) is 6.42 Å². The first kappa shape index (κ1) is 17.6. The van der Waals surface area contributed by atoms with E-state index in [2.05, 4.69) is 40.2 Å². The van der Waals surface area contributed by atoms with Crippen molar-refractivity contribution in [3.8, 4) is 0 Å². The molecular weight excluding hydrogens is 310 g/mol. The maximum atomic E-state index is 12.5. The highest BCUT2D eigenvalue weighted by Crippen LogP contribution is 2.24. The van der Waals surface area contributed by atoms with Crippen LogP contribution in [0.3, 0.4) is 0 Å². The summed E-state index contributed by atoms with van der Waals surface area (Å²) in [5.41, 5.74) is 2.32. The Balaban J connectivity index is 1.57. The van der Waals surface area contributed by atoms with E-state index in [9.17, 15) is 4.79 Å². The molecule has 0 bridgehead atoms. The highest BCUT2D eigenvalue weighted by atomic mass is 16.2. The van der Waals surface area contributed by atoms with Crippen LogP contribution in [0.4, 0.5) is 5.69 Å². The van der Waals surface area contributed by atoms with Crippen LogP contribution in [0, 0.1) is 0 Å². The fraction of sp³-hybridized carbons (Fsp3) is 0.429. The Kier molecular flexibility index (Phi) is 6.18. The van der Waals surface area contributed by atoms with Crippen molar-refractivity contribution in [2.45, 2.75) is 38.6 Å². The maximum absolute atomic E-state index is 12.5. The third-order valence-corrected chi connectivity index (χ3v) is 4.98. The molecule has 4 nitrogen and oxygen atoms in total. The summed E-state index contributed by atoms with van der Waals surface area (Å²) in [6, 6.07) is 14.8. The zero-order chi connectivity index (χ0) is 17.5. The third kappa shape index (κ3) is 4.67. The van der Waals surface area contributed by atoms with Gasteiger partial charge in [-0.25, -0.2) is 0 Å². The number of carbonyl (C=O) groups is 1. The lowest BCUT2D eigenvalue weighted by Gasteiger charge is -2.38. The average molecular weight is 337 g/mol. The normalized spacial score (nSPS) is 15.9. The largest absolute Gasteiger partial charge is 0.308 e. The Bertz CT molecular complexity index is 651. The molecule has 1 saturated heterocycles. The van der Waals surface area contributed by atoms with Crippen LogP contribution in [0.5, 0.6) is 0 Å². The monoisotopic (exact) mass is 337 g/mol. The first-order valence-corrected chi connectivity index (χ1v) is 9.26. The minimum atomic E-state index is 0.190. The minimum absolute atomic E-state index is 0.190. The number of nitrogens with zero attached hydrogens (tertiary/aromatic N) is 3. The first-order valence-electron chi connectivity index (χ1n) is 9.26. The second-order valence-electron chi connectivity index (χ2n) is 6.64. The lowest BCUT2D eigenvalue weighted by Crippen LogP contribution is -2.48. The summed E-state index contributed by atoms with van der Waals surface area (Å²) in [6.07, 6.45) is 7.22. The van der Waals surface area contributed by atoms with E-state index in [0.717, 1.165) is 44.6 Å². The molecule has 3 rings (SSSR count). The van der Waals surface area contributed by atoms with E-state index in [-0.39, 0.29) is 11.9 Å². The van der Waals surface area contributed by atoms with Gasteiger partial charge in [0.2, 0.25) is 5.91 Å². The zero-order valence-corrected chi connectivity index (χ0v) is 15.0. The molecule has 1 aromatic heterocycles. The lowest BCUT2D eigenvalue weighted by atomic mass is 10.0. The van der Waals surface area contributed by atoms with E-state index in [1.165, 1.54) is 5.56 Å². The molecule has 1 aliphatic heterocycles. The van der Waals surface area contributed by atoms with E-state index in [1.54, 1.807) is 12.4 Å². The predicted octanol–water partition coefficient (Wildman–Crippen LogP) is 3.53. The van der Waals surface area contributed by atoms with Crippen molar-refractivity contribution >= 4 is 11.6 Å². The number of amides is 1. The third-order valence-electron chi connectivity index (χ3n) is 4.98. The highest BCUT2D eigenvalue weighted by molar-refractivity contribution is 5.93. The number of anilines is 1. The summed E-state index contributed by atoms with van der Waals surface area (Å²) in [6.45, 7) is 5.11. The fourth-order valence-corrected chi connectivity index (χ4v) is 3.56.